The highest BCUT2D eigenvalue weighted by molar-refractivity contribution is 7.28. The van der Waals surface area contributed by atoms with Gasteiger partial charge < -0.3 is 9.80 Å². The number of rotatable bonds is 4. The zero-order valence-electron chi connectivity index (χ0n) is 42.9. The lowest BCUT2D eigenvalue weighted by molar-refractivity contribution is 0.332. The molecule has 0 fully saturated rings. The van der Waals surface area contributed by atoms with Crippen LogP contribution in [-0.4, -0.2) is 6.71 Å². The van der Waals surface area contributed by atoms with Crippen molar-refractivity contribution in [2.75, 3.05) is 9.80 Å². The Morgan fingerprint density at radius 2 is 1.01 bits per heavy atom. The summed E-state index contributed by atoms with van der Waals surface area (Å²) in [7, 11) is 0. The van der Waals surface area contributed by atoms with Crippen molar-refractivity contribution in [3.8, 4) is 22.3 Å². The number of hydrogen-bond donors (Lipinski definition) is 0. The Kier molecular flexibility index (Phi) is 9.26. The maximum absolute atomic E-state index is 2.76. The van der Waals surface area contributed by atoms with Gasteiger partial charge in [-0.05, 0) is 182 Å². The molecule has 0 saturated heterocycles. The molecular formula is C66H63BN2S. The first-order valence-corrected chi connectivity index (χ1v) is 26.5. The Balaban J connectivity index is 1.23. The van der Waals surface area contributed by atoms with Gasteiger partial charge in [0, 0.05) is 48.8 Å². The molecule has 346 valence electrons. The van der Waals surface area contributed by atoms with Gasteiger partial charge in [-0.15, -0.1) is 11.3 Å². The lowest BCUT2D eigenvalue weighted by Gasteiger charge is -2.47. The number of para-hydroxylation sites is 1. The zero-order chi connectivity index (χ0) is 48.4. The van der Waals surface area contributed by atoms with Crippen LogP contribution in [0.15, 0.2) is 146 Å². The van der Waals surface area contributed by atoms with Crippen LogP contribution in [0, 0.1) is 20.8 Å². The van der Waals surface area contributed by atoms with Gasteiger partial charge in [0.15, 0.2) is 0 Å². The minimum Gasteiger partial charge on any atom is -0.311 e. The SMILES string of the molecule is Cc1cc2c(cc1N1c3cc4c(cc3B3c5c1cc(-c1c(C)cccc1C)cc5N(c1ccccc1-c1ccccc1)c1ccc5c(sc6ccccc65)c13)C(C)(C)CC4(C)C)C(C)(C)CCC2(C)C. The van der Waals surface area contributed by atoms with Gasteiger partial charge in [-0.1, -0.05) is 159 Å². The van der Waals surface area contributed by atoms with E-state index in [1.165, 1.54) is 145 Å². The summed E-state index contributed by atoms with van der Waals surface area (Å²) in [6.45, 7) is 26.8. The average Bonchev–Trinajstić information content (AvgIpc) is 3.80. The predicted octanol–water partition coefficient (Wildman–Crippen LogP) is 16.7. The fourth-order valence-corrected chi connectivity index (χ4v) is 15.4. The monoisotopic (exact) mass is 926 g/mol. The van der Waals surface area contributed by atoms with E-state index in [0.29, 0.717) is 0 Å². The number of benzene rings is 8. The molecule has 0 unspecified atom stereocenters. The molecule has 0 amide bonds. The molecule has 70 heavy (non-hydrogen) atoms. The van der Waals surface area contributed by atoms with Gasteiger partial charge in [0.05, 0.1) is 5.69 Å². The van der Waals surface area contributed by atoms with Crippen LogP contribution in [0.2, 0.25) is 0 Å². The highest BCUT2D eigenvalue weighted by Gasteiger charge is 2.50. The fourth-order valence-electron chi connectivity index (χ4n) is 14.1. The van der Waals surface area contributed by atoms with E-state index < -0.39 is 0 Å². The van der Waals surface area contributed by atoms with Crippen LogP contribution >= 0.6 is 11.3 Å². The summed E-state index contributed by atoms with van der Waals surface area (Å²) < 4.78 is 2.72. The molecule has 2 nitrogen and oxygen atoms in total. The third-order valence-corrected chi connectivity index (χ3v) is 18.7. The summed E-state index contributed by atoms with van der Waals surface area (Å²) in [5.74, 6) is 0. The lowest BCUT2D eigenvalue weighted by Crippen LogP contribution is -2.61. The smallest absolute Gasteiger partial charge is 0.254 e. The molecule has 0 saturated carbocycles. The van der Waals surface area contributed by atoms with Gasteiger partial charge in [-0.3, -0.25) is 0 Å². The Labute approximate surface area is 420 Å². The second kappa shape index (κ2) is 14.8. The van der Waals surface area contributed by atoms with Crippen LogP contribution in [0.25, 0.3) is 42.4 Å². The van der Waals surface area contributed by atoms with Crippen molar-refractivity contribution in [1.29, 1.82) is 0 Å². The van der Waals surface area contributed by atoms with Crippen molar-refractivity contribution in [2.45, 2.75) is 117 Å². The molecule has 3 heterocycles. The minimum atomic E-state index is -0.0201. The van der Waals surface area contributed by atoms with Crippen LogP contribution in [0.5, 0.6) is 0 Å². The van der Waals surface area contributed by atoms with E-state index in [0.717, 1.165) is 6.42 Å². The first kappa shape index (κ1) is 43.6. The highest BCUT2D eigenvalue weighted by atomic mass is 32.1. The third kappa shape index (κ3) is 6.17. The molecule has 2 aliphatic heterocycles. The van der Waals surface area contributed by atoms with Crippen LogP contribution in [0.1, 0.15) is 114 Å². The molecule has 0 spiro atoms. The van der Waals surface area contributed by atoms with Crippen LogP contribution in [0.4, 0.5) is 34.1 Å². The summed E-state index contributed by atoms with van der Waals surface area (Å²) >= 11 is 1.98. The Bertz CT molecular complexity index is 3680. The first-order chi connectivity index (χ1) is 33.4. The van der Waals surface area contributed by atoms with Gasteiger partial charge in [-0.2, -0.15) is 0 Å². The van der Waals surface area contributed by atoms with Gasteiger partial charge in [0.2, 0.25) is 0 Å². The lowest BCUT2D eigenvalue weighted by atomic mass is 9.33. The predicted molar refractivity (Wildman–Crippen MR) is 304 cm³/mol. The summed E-state index contributed by atoms with van der Waals surface area (Å²) in [5, 5.41) is 2.68. The third-order valence-electron chi connectivity index (χ3n) is 17.5. The first-order valence-electron chi connectivity index (χ1n) is 25.7. The molecule has 4 heteroatoms. The molecule has 8 aromatic carbocycles. The Morgan fingerprint density at radius 3 is 1.73 bits per heavy atom. The fraction of sp³-hybridized carbons (Fsp3) is 0.273. The standard InChI is InChI=1S/C66H63BN2S/c1-39-20-19-21-40(2)59(39)43-33-56-60-57(34-43)69(54-36-49-47(32-41(54)3)63(4,5)30-31-64(49,6)7)55-37-50-48(65(8,9)38-66(50,10)11)35-51(55)67(60)61-53(29-28-46-45-25-16-18-27-58(45)70-62(46)61)68(56)52-26-17-15-24-44(52)42-22-13-12-14-23-42/h12-29,32-37H,30-31,38H2,1-11H3. The molecule has 9 aromatic rings. The van der Waals surface area contributed by atoms with Crippen molar-refractivity contribution in [3.63, 3.8) is 0 Å². The normalized spacial score (nSPS) is 17.6. The van der Waals surface area contributed by atoms with Crippen molar-refractivity contribution >= 4 is 88.7 Å². The molecular weight excluding hydrogens is 864 g/mol. The van der Waals surface area contributed by atoms with Crippen LogP contribution in [-0.2, 0) is 21.7 Å². The average molecular weight is 927 g/mol. The van der Waals surface area contributed by atoms with Crippen molar-refractivity contribution < 1.29 is 0 Å². The Morgan fingerprint density at radius 1 is 0.429 bits per heavy atom. The molecule has 4 aliphatic rings. The van der Waals surface area contributed by atoms with Crippen LogP contribution < -0.4 is 26.2 Å². The van der Waals surface area contributed by atoms with Crippen molar-refractivity contribution in [2.24, 2.45) is 0 Å². The molecule has 0 atom stereocenters. The van der Waals surface area contributed by atoms with E-state index >= 15 is 0 Å². The van der Waals surface area contributed by atoms with Gasteiger partial charge in [0.1, 0.15) is 0 Å². The van der Waals surface area contributed by atoms with Gasteiger partial charge in [-0.25, -0.2) is 0 Å². The molecule has 0 N–H and O–H groups in total. The number of anilines is 6. The highest BCUT2D eigenvalue weighted by Crippen LogP contribution is 2.56. The molecule has 1 aromatic heterocycles. The number of aryl methyl sites for hydroxylation is 3. The summed E-state index contributed by atoms with van der Waals surface area (Å²) in [5.41, 5.74) is 26.9. The molecule has 2 aliphatic carbocycles. The van der Waals surface area contributed by atoms with E-state index in [-0.39, 0.29) is 28.4 Å². The second-order valence-corrected chi connectivity index (χ2v) is 25.1. The second-order valence-electron chi connectivity index (χ2n) is 24.0. The van der Waals surface area contributed by atoms with Crippen molar-refractivity contribution in [1.82, 2.24) is 0 Å². The summed E-state index contributed by atoms with van der Waals surface area (Å²) in [6.07, 6.45) is 3.47. The summed E-state index contributed by atoms with van der Waals surface area (Å²) in [6, 6.07) is 56.7. The van der Waals surface area contributed by atoms with Gasteiger partial charge >= 0.3 is 0 Å². The minimum absolute atomic E-state index is 0.0170. The molecule has 13 rings (SSSR count). The van der Waals surface area contributed by atoms with E-state index in [1.807, 2.05) is 11.3 Å². The van der Waals surface area contributed by atoms with Crippen LogP contribution in [0.3, 0.4) is 0 Å². The number of nitrogens with zero attached hydrogens (tertiary/aromatic N) is 2. The molecule has 0 bridgehead atoms. The quantitative estimate of drug-likeness (QED) is 0.162. The van der Waals surface area contributed by atoms with E-state index in [4.69, 9.17) is 0 Å². The molecule has 0 radical (unpaired) electrons. The summed E-state index contributed by atoms with van der Waals surface area (Å²) in [4.78, 5) is 5.43. The largest absolute Gasteiger partial charge is 0.311 e. The number of thiophene rings is 1. The number of hydrogen-bond acceptors (Lipinski definition) is 3. The number of fused-ring (bicyclic) bond motifs is 10. The zero-order valence-corrected chi connectivity index (χ0v) is 43.7. The maximum atomic E-state index is 2.76. The van der Waals surface area contributed by atoms with Crippen molar-refractivity contribution in [3.05, 3.63) is 185 Å². The van der Waals surface area contributed by atoms with E-state index in [1.54, 1.807) is 0 Å². The topological polar surface area (TPSA) is 6.48 Å². The van der Waals surface area contributed by atoms with E-state index in [9.17, 15) is 0 Å². The van der Waals surface area contributed by atoms with Gasteiger partial charge in [0.25, 0.3) is 6.71 Å². The Hall–Kier alpha value is -6.36. The van der Waals surface area contributed by atoms with E-state index in [2.05, 4.69) is 232 Å². The maximum Gasteiger partial charge on any atom is 0.254 e.